The minimum atomic E-state index is 0.194. The van der Waals surface area contributed by atoms with Crippen molar-refractivity contribution in [3.8, 4) is 5.75 Å². The molecule has 0 fully saturated rings. The van der Waals surface area contributed by atoms with Crippen LogP contribution in [0.15, 0.2) is 48.5 Å². The molecule has 6 nitrogen and oxygen atoms in total. The van der Waals surface area contributed by atoms with E-state index in [1.807, 2.05) is 48.3 Å². The van der Waals surface area contributed by atoms with E-state index < -0.39 is 0 Å². The first-order valence-corrected chi connectivity index (χ1v) is 10.6. The number of halogens is 2. The Morgan fingerprint density at radius 3 is 2.30 bits per heavy atom. The molecule has 8 heteroatoms. The van der Waals surface area contributed by atoms with Gasteiger partial charge in [-0.05, 0) is 72.8 Å². The predicted molar refractivity (Wildman–Crippen MR) is 121 cm³/mol. The smallest absolute Gasteiger partial charge is 0.229 e. The second-order valence-electron chi connectivity index (χ2n) is 7.07. The zero-order valence-electron chi connectivity index (χ0n) is 16.9. The number of aromatic hydroxyl groups is 1. The number of phenolic OH excluding ortho intramolecular Hbond substituents is 1. The molecule has 3 rings (SSSR count). The molecule has 0 radical (unpaired) electrons. The summed E-state index contributed by atoms with van der Waals surface area (Å²) in [4.78, 5) is 15.0. The molecule has 1 aromatic heterocycles. The highest BCUT2D eigenvalue weighted by Gasteiger charge is 2.09. The number of anilines is 1. The van der Waals surface area contributed by atoms with E-state index in [9.17, 15) is 5.11 Å². The average Bonchev–Trinajstić information content (AvgIpc) is 2.73. The highest BCUT2D eigenvalue weighted by molar-refractivity contribution is 6.30. The van der Waals surface area contributed by atoms with Crippen molar-refractivity contribution in [3.63, 3.8) is 0 Å². The third kappa shape index (κ3) is 7.13. The van der Waals surface area contributed by atoms with Crippen LogP contribution in [-0.4, -0.2) is 40.2 Å². The predicted octanol–water partition coefficient (Wildman–Crippen LogP) is 4.29. The molecule has 158 valence electrons. The van der Waals surface area contributed by atoms with Crippen LogP contribution >= 0.6 is 23.2 Å². The Morgan fingerprint density at radius 2 is 1.57 bits per heavy atom. The van der Waals surface area contributed by atoms with Crippen molar-refractivity contribution in [2.24, 2.45) is 0 Å². The summed E-state index contributed by atoms with van der Waals surface area (Å²) >= 11 is 12.0. The van der Waals surface area contributed by atoms with Crippen LogP contribution in [0.4, 0.5) is 5.95 Å². The van der Waals surface area contributed by atoms with Crippen molar-refractivity contribution in [1.29, 1.82) is 0 Å². The van der Waals surface area contributed by atoms with Crippen LogP contribution < -0.4 is 10.2 Å². The van der Waals surface area contributed by atoms with E-state index in [1.165, 1.54) is 5.56 Å². The molecular formula is C22H25Cl2N5O. The molecule has 2 aromatic carbocycles. The summed E-state index contributed by atoms with van der Waals surface area (Å²) in [5, 5.41) is 13.6. The first-order valence-electron chi connectivity index (χ1n) is 9.84. The minimum Gasteiger partial charge on any atom is -0.508 e. The van der Waals surface area contributed by atoms with Gasteiger partial charge in [-0.3, -0.25) is 0 Å². The van der Waals surface area contributed by atoms with Crippen molar-refractivity contribution in [2.75, 3.05) is 25.0 Å². The molecule has 0 unspecified atom stereocenters. The van der Waals surface area contributed by atoms with Crippen LogP contribution in [0.2, 0.25) is 10.3 Å². The lowest BCUT2D eigenvalue weighted by atomic mass is 10.1. The second-order valence-corrected chi connectivity index (χ2v) is 7.84. The van der Waals surface area contributed by atoms with Crippen molar-refractivity contribution >= 4 is 29.2 Å². The van der Waals surface area contributed by atoms with Gasteiger partial charge in [-0.2, -0.15) is 9.97 Å². The van der Waals surface area contributed by atoms with Gasteiger partial charge in [0, 0.05) is 18.6 Å². The van der Waals surface area contributed by atoms with E-state index in [0.717, 1.165) is 42.9 Å². The number of nitrogens with one attached hydrogen (secondary N) is 1. The van der Waals surface area contributed by atoms with Crippen molar-refractivity contribution in [2.45, 2.75) is 25.8 Å². The molecule has 0 bridgehead atoms. The van der Waals surface area contributed by atoms with Crippen LogP contribution in [0.1, 0.15) is 23.4 Å². The Balaban J connectivity index is 1.47. The van der Waals surface area contributed by atoms with Gasteiger partial charge >= 0.3 is 0 Å². The van der Waals surface area contributed by atoms with Crippen molar-refractivity contribution in [3.05, 3.63) is 75.8 Å². The Morgan fingerprint density at radius 1 is 0.900 bits per heavy atom. The highest BCUT2D eigenvalue weighted by Crippen LogP contribution is 2.14. The van der Waals surface area contributed by atoms with Crippen molar-refractivity contribution < 1.29 is 5.11 Å². The number of aryl methyl sites for hydroxylation is 1. The lowest BCUT2D eigenvalue weighted by Gasteiger charge is -2.17. The maximum Gasteiger partial charge on any atom is 0.229 e. The maximum absolute atomic E-state index is 9.34. The molecule has 0 spiro atoms. The molecular weight excluding hydrogens is 421 g/mol. The molecule has 0 aliphatic heterocycles. The van der Waals surface area contributed by atoms with E-state index in [2.05, 4.69) is 20.3 Å². The number of benzene rings is 2. The van der Waals surface area contributed by atoms with Crippen LogP contribution in [0, 0.1) is 0 Å². The molecule has 0 aliphatic rings. The first kappa shape index (κ1) is 22.3. The van der Waals surface area contributed by atoms with Gasteiger partial charge in [0.25, 0.3) is 0 Å². The zero-order chi connectivity index (χ0) is 21.3. The number of rotatable bonds is 10. The van der Waals surface area contributed by atoms with Gasteiger partial charge in [-0.1, -0.05) is 35.9 Å². The summed E-state index contributed by atoms with van der Waals surface area (Å²) in [5.41, 5.74) is 2.40. The van der Waals surface area contributed by atoms with Gasteiger partial charge in [0.05, 0.1) is 6.54 Å². The van der Waals surface area contributed by atoms with Crippen LogP contribution in [-0.2, 0) is 19.4 Å². The monoisotopic (exact) mass is 445 g/mol. The Bertz CT molecular complexity index is 935. The molecule has 0 saturated carbocycles. The van der Waals surface area contributed by atoms with Gasteiger partial charge in [0.15, 0.2) is 0 Å². The maximum atomic E-state index is 9.34. The van der Waals surface area contributed by atoms with Gasteiger partial charge in [-0.15, -0.1) is 0 Å². The third-order valence-electron chi connectivity index (χ3n) is 4.67. The van der Waals surface area contributed by atoms with E-state index >= 15 is 0 Å². The normalized spacial score (nSPS) is 10.9. The van der Waals surface area contributed by atoms with Crippen LogP contribution in [0.25, 0.3) is 0 Å². The summed E-state index contributed by atoms with van der Waals surface area (Å²) in [6.07, 6.45) is 2.75. The number of hydrogen-bond acceptors (Lipinski definition) is 6. The second kappa shape index (κ2) is 11.1. The molecule has 0 amide bonds. The molecule has 3 aromatic rings. The van der Waals surface area contributed by atoms with Gasteiger partial charge < -0.3 is 15.3 Å². The summed E-state index contributed by atoms with van der Waals surface area (Å²) in [5.74, 6) is 1.46. The number of nitrogens with zero attached hydrogens (tertiary/aromatic N) is 4. The zero-order valence-corrected chi connectivity index (χ0v) is 18.4. The van der Waals surface area contributed by atoms with E-state index in [0.29, 0.717) is 18.3 Å². The van der Waals surface area contributed by atoms with Crippen LogP contribution in [0.5, 0.6) is 5.75 Å². The van der Waals surface area contributed by atoms with E-state index in [4.69, 9.17) is 23.2 Å². The fourth-order valence-corrected chi connectivity index (χ4v) is 3.30. The topological polar surface area (TPSA) is 74.2 Å². The number of hydrogen-bond donors (Lipinski definition) is 2. The van der Waals surface area contributed by atoms with Gasteiger partial charge in [0.2, 0.25) is 11.2 Å². The molecule has 0 atom stereocenters. The Labute approximate surface area is 186 Å². The lowest BCUT2D eigenvalue weighted by Crippen LogP contribution is -2.24. The number of aromatic nitrogens is 3. The fourth-order valence-electron chi connectivity index (χ4n) is 3.00. The highest BCUT2D eigenvalue weighted by atomic mass is 35.5. The van der Waals surface area contributed by atoms with E-state index in [1.54, 1.807) is 12.1 Å². The first-order chi connectivity index (χ1) is 14.5. The standard InChI is InChI=1S/C22H25Cl2N5O/c1-29(14-2-3-16-4-8-18(23)9-5-16)22-27-20(26-21(24)28-22)15-25-13-12-17-6-10-19(30)11-7-17/h4-11,25,30H,2-3,12-15H2,1H3. The molecule has 2 N–H and O–H groups in total. The van der Waals surface area contributed by atoms with Crippen LogP contribution in [0.3, 0.4) is 0 Å². The largest absolute Gasteiger partial charge is 0.508 e. The van der Waals surface area contributed by atoms with Gasteiger partial charge in [-0.25, -0.2) is 4.98 Å². The Hall–Kier alpha value is -2.41. The average molecular weight is 446 g/mol. The van der Waals surface area contributed by atoms with Crippen molar-refractivity contribution in [1.82, 2.24) is 20.3 Å². The SMILES string of the molecule is CN(CCCc1ccc(Cl)cc1)c1nc(Cl)nc(CNCCc2ccc(O)cc2)n1. The molecule has 0 saturated heterocycles. The van der Waals surface area contributed by atoms with E-state index in [-0.39, 0.29) is 11.0 Å². The number of phenols is 1. The Kier molecular flexibility index (Phi) is 8.25. The molecule has 0 aliphatic carbocycles. The summed E-state index contributed by atoms with van der Waals surface area (Å²) < 4.78 is 0. The summed E-state index contributed by atoms with van der Waals surface area (Å²) in [6, 6.07) is 15.1. The quantitative estimate of drug-likeness (QED) is 0.453. The summed E-state index contributed by atoms with van der Waals surface area (Å²) in [6.45, 7) is 2.07. The molecule has 30 heavy (non-hydrogen) atoms. The van der Waals surface area contributed by atoms with Gasteiger partial charge in [0.1, 0.15) is 11.6 Å². The molecule has 1 heterocycles. The fraction of sp³-hybridized carbons (Fsp3) is 0.318. The summed E-state index contributed by atoms with van der Waals surface area (Å²) in [7, 11) is 1.95. The lowest BCUT2D eigenvalue weighted by molar-refractivity contribution is 0.475. The minimum absolute atomic E-state index is 0.194. The third-order valence-corrected chi connectivity index (χ3v) is 5.09.